The van der Waals surface area contributed by atoms with Gasteiger partial charge >= 0.3 is 12.1 Å². The van der Waals surface area contributed by atoms with Crippen molar-refractivity contribution in [2.24, 2.45) is 0 Å². The van der Waals surface area contributed by atoms with Crippen molar-refractivity contribution in [3.63, 3.8) is 0 Å². The SMILES string of the molecule is CC(C)(Oc1ccc(CCN(Cc2ccc(C(F)(F)F)cc2)c2ccc(-c3cccs3)cn2)cc1)C(=O)O. The fourth-order valence-corrected chi connectivity index (χ4v) is 4.50. The minimum absolute atomic E-state index is 0.386. The lowest BCUT2D eigenvalue weighted by Crippen LogP contribution is -2.37. The molecule has 0 radical (unpaired) electrons. The molecule has 0 amide bonds. The summed E-state index contributed by atoms with van der Waals surface area (Å²) in [5.74, 6) is 0.111. The number of thiophene rings is 1. The van der Waals surface area contributed by atoms with Crippen molar-refractivity contribution in [3.8, 4) is 16.2 Å². The molecule has 9 heteroatoms. The second kappa shape index (κ2) is 11.3. The van der Waals surface area contributed by atoms with E-state index < -0.39 is 23.3 Å². The summed E-state index contributed by atoms with van der Waals surface area (Å²) in [6.45, 7) is 3.92. The standard InChI is InChI=1S/C29H27F3N2O3S/c1-28(2,27(35)36)37-24-12-7-20(8-13-24)15-16-34(19-21-5-10-23(11-6-21)29(30,31)32)26-14-9-22(18-33-26)25-4-3-17-38-25/h3-14,17-18H,15-16,19H2,1-2H3,(H,35,36). The zero-order chi connectivity index (χ0) is 27.3. The monoisotopic (exact) mass is 540 g/mol. The van der Waals surface area contributed by atoms with E-state index in [1.807, 2.05) is 46.7 Å². The lowest BCUT2D eigenvalue weighted by Gasteiger charge is -2.25. The number of halogens is 3. The molecule has 38 heavy (non-hydrogen) atoms. The Morgan fingerprint density at radius 1 is 0.974 bits per heavy atom. The number of rotatable bonds is 10. The number of carboxylic acid groups (broad SMARTS) is 1. The molecule has 2 aromatic carbocycles. The summed E-state index contributed by atoms with van der Waals surface area (Å²) in [4.78, 5) is 19.1. The normalized spacial score (nSPS) is 11.8. The average Bonchev–Trinajstić information content (AvgIpc) is 3.42. The minimum atomic E-state index is -4.38. The quantitative estimate of drug-likeness (QED) is 0.228. The second-order valence-corrected chi connectivity index (χ2v) is 10.3. The summed E-state index contributed by atoms with van der Waals surface area (Å²) in [6, 6.07) is 20.3. The lowest BCUT2D eigenvalue weighted by atomic mass is 10.1. The highest BCUT2D eigenvalue weighted by Gasteiger charge is 2.30. The van der Waals surface area contributed by atoms with E-state index in [1.165, 1.54) is 26.0 Å². The predicted octanol–water partition coefficient (Wildman–Crippen LogP) is 7.32. The fraction of sp³-hybridized carbons (Fsp3) is 0.241. The number of hydrogen-bond donors (Lipinski definition) is 1. The van der Waals surface area contributed by atoms with Crippen LogP contribution in [-0.2, 0) is 23.9 Å². The molecular weight excluding hydrogens is 513 g/mol. The van der Waals surface area contributed by atoms with Crippen LogP contribution in [0.3, 0.4) is 0 Å². The molecule has 0 spiro atoms. The van der Waals surface area contributed by atoms with Gasteiger partial charge in [-0.1, -0.05) is 30.3 Å². The highest BCUT2D eigenvalue weighted by atomic mass is 32.1. The molecule has 2 aromatic heterocycles. The zero-order valence-electron chi connectivity index (χ0n) is 20.9. The molecule has 0 aliphatic rings. The molecule has 1 N–H and O–H groups in total. The minimum Gasteiger partial charge on any atom is -0.478 e. The summed E-state index contributed by atoms with van der Waals surface area (Å²) in [6.07, 6.45) is -1.94. The third kappa shape index (κ3) is 6.92. The predicted molar refractivity (Wildman–Crippen MR) is 143 cm³/mol. The number of nitrogens with zero attached hydrogens (tertiary/aromatic N) is 2. The highest BCUT2D eigenvalue weighted by Crippen LogP contribution is 2.30. The number of hydrogen-bond acceptors (Lipinski definition) is 5. The number of aromatic nitrogens is 1. The molecule has 0 saturated carbocycles. The van der Waals surface area contributed by atoms with E-state index in [-0.39, 0.29) is 0 Å². The van der Waals surface area contributed by atoms with Crippen LogP contribution in [0.5, 0.6) is 5.75 Å². The van der Waals surface area contributed by atoms with Gasteiger partial charge in [0.25, 0.3) is 0 Å². The van der Waals surface area contributed by atoms with E-state index >= 15 is 0 Å². The van der Waals surface area contributed by atoms with E-state index in [9.17, 15) is 23.1 Å². The van der Waals surface area contributed by atoms with Crippen LogP contribution >= 0.6 is 11.3 Å². The van der Waals surface area contributed by atoms with Crippen LogP contribution in [0.2, 0.25) is 0 Å². The van der Waals surface area contributed by atoms with E-state index in [0.717, 1.165) is 33.7 Å². The van der Waals surface area contributed by atoms with Gasteiger partial charge in [0, 0.05) is 29.7 Å². The van der Waals surface area contributed by atoms with Gasteiger partial charge in [-0.3, -0.25) is 0 Å². The largest absolute Gasteiger partial charge is 0.478 e. The fourth-order valence-electron chi connectivity index (χ4n) is 3.78. The Kier molecular flexibility index (Phi) is 8.06. The van der Waals surface area contributed by atoms with Gasteiger partial charge in [-0.25, -0.2) is 9.78 Å². The molecule has 0 unspecified atom stereocenters. The van der Waals surface area contributed by atoms with Crippen LogP contribution in [0.25, 0.3) is 10.4 Å². The third-order valence-electron chi connectivity index (χ3n) is 6.01. The highest BCUT2D eigenvalue weighted by molar-refractivity contribution is 7.13. The maximum Gasteiger partial charge on any atom is 0.416 e. The molecular formula is C29H27F3N2O3S. The number of ether oxygens (including phenoxy) is 1. The third-order valence-corrected chi connectivity index (χ3v) is 6.93. The van der Waals surface area contributed by atoms with Crippen LogP contribution in [0.1, 0.15) is 30.5 Å². The molecule has 0 bridgehead atoms. The molecule has 2 heterocycles. The topological polar surface area (TPSA) is 62.7 Å². The number of anilines is 1. The van der Waals surface area contributed by atoms with Gasteiger partial charge in [0.2, 0.25) is 0 Å². The van der Waals surface area contributed by atoms with E-state index in [1.54, 1.807) is 29.7 Å². The van der Waals surface area contributed by atoms with Gasteiger partial charge in [-0.05, 0) is 79.2 Å². The number of benzene rings is 2. The van der Waals surface area contributed by atoms with Gasteiger partial charge in [-0.2, -0.15) is 13.2 Å². The van der Waals surface area contributed by atoms with Crippen molar-refractivity contribution in [2.45, 2.75) is 38.6 Å². The first-order valence-corrected chi connectivity index (χ1v) is 12.8. The van der Waals surface area contributed by atoms with Crippen molar-refractivity contribution < 1.29 is 27.8 Å². The number of carboxylic acids is 1. The number of alkyl halides is 3. The van der Waals surface area contributed by atoms with E-state index in [0.29, 0.717) is 31.1 Å². The summed E-state index contributed by atoms with van der Waals surface area (Å²) < 4.78 is 44.6. The molecule has 198 valence electrons. The Morgan fingerprint density at radius 2 is 1.66 bits per heavy atom. The van der Waals surface area contributed by atoms with Crippen LogP contribution in [0.4, 0.5) is 19.0 Å². The van der Waals surface area contributed by atoms with Gasteiger partial charge in [0.05, 0.1) is 5.56 Å². The molecule has 0 saturated heterocycles. The molecule has 0 fully saturated rings. The Morgan fingerprint density at radius 3 is 2.21 bits per heavy atom. The molecule has 0 atom stereocenters. The van der Waals surface area contributed by atoms with Crippen molar-refractivity contribution in [1.29, 1.82) is 0 Å². The van der Waals surface area contributed by atoms with Gasteiger partial charge in [0.15, 0.2) is 5.60 Å². The first-order chi connectivity index (χ1) is 18.0. The number of aliphatic carboxylic acids is 1. The van der Waals surface area contributed by atoms with Gasteiger partial charge in [0.1, 0.15) is 11.6 Å². The maximum absolute atomic E-state index is 13.0. The Hall–Kier alpha value is -3.85. The Bertz CT molecular complexity index is 1340. The first-order valence-electron chi connectivity index (χ1n) is 11.9. The van der Waals surface area contributed by atoms with Crippen LogP contribution in [0.15, 0.2) is 84.4 Å². The van der Waals surface area contributed by atoms with E-state index in [4.69, 9.17) is 4.74 Å². The van der Waals surface area contributed by atoms with Gasteiger partial charge in [-0.15, -0.1) is 11.3 Å². The zero-order valence-corrected chi connectivity index (χ0v) is 21.7. The number of pyridine rings is 1. The summed E-state index contributed by atoms with van der Waals surface area (Å²) in [5, 5.41) is 11.3. The second-order valence-electron chi connectivity index (χ2n) is 9.31. The average molecular weight is 541 g/mol. The number of carbonyl (C=O) groups is 1. The van der Waals surface area contributed by atoms with Gasteiger partial charge < -0.3 is 14.7 Å². The maximum atomic E-state index is 13.0. The first kappa shape index (κ1) is 27.2. The van der Waals surface area contributed by atoms with Crippen molar-refractivity contribution in [1.82, 2.24) is 4.98 Å². The van der Waals surface area contributed by atoms with E-state index in [2.05, 4.69) is 4.98 Å². The molecule has 5 nitrogen and oxygen atoms in total. The molecule has 4 aromatic rings. The molecule has 4 rings (SSSR count). The Balaban J connectivity index is 1.50. The smallest absolute Gasteiger partial charge is 0.416 e. The summed E-state index contributed by atoms with van der Waals surface area (Å²) in [5.41, 5.74) is 0.707. The molecule has 0 aliphatic carbocycles. The van der Waals surface area contributed by atoms with Crippen LogP contribution in [-0.4, -0.2) is 28.2 Å². The van der Waals surface area contributed by atoms with Crippen molar-refractivity contribution >= 4 is 23.1 Å². The Labute approximate surface area is 223 Å². The van der Waals surface area contributed by atoms with Crippen molar-refractivity contribution in [3.05, 3.63) is 101 Å². The molecule has 0 aliphatic heterocycles. The van der Waals surface area contributed by atoms with Crippen LogP contribution < -0.4 is 9.64 Å². The summed E-state index contributed by atoms with van der Waals surface area (Å²) in [7, 11) is 0. The lowest BCUT2D eigenvalue weighted by molar-refractivity contribution is -0.152. The summed E-state index contributed by atoms with van der Waals surface area (Å²) >= 11 is 1.62. The van der Waals surface area contributed by atoms with Crippen molar-refractivity contribution in [2.75, 3.05) is 11.4 Å². The van der Waals surface area contributed by atoms with Crippen LogP contribution in [0, 0.1) is 0 Å².